The maximum absolute atomic E-state index is 11.8. The van der Waals surface area contributed by atoms with E-state index in [1.54, 1.807) is 0 Å². The van der Waals surface area contributed by atoms with Gasteiger partial charge in [-0.25, -0.2) is 4.79 Å². The number of carbonyl (C=O) groups excluding carboxylic acids is 1. The summed E-state index contributed by atoms with van der Waals surface area (Å²) in [6.07, 6.45) is -4.81. The van der Waals surface area contributed by atoms with Crippen molar-refractivity contribution in [2.24, 2.45) is 0 Å². The molecule has 100 valence electrons. The van der Waals surface area contributed by atoms with Crippen molar-refractivity contribution in [3.63, 3.8) is 0 Å². The van der Waals surface area contributed by atoms with Crippen molar-refractivity contribution in [2.45, 2.75) is 51.2 Å². The lowest BCUT2D eigenvalue weighted by Crippen LogP contribution is -2.41. The second-order valence-electron chi connectivity index (χ2n) is 3.72. The van der Waals surface area contributed by atoms with Crippen molar-refractivity contribution in [1.29, 1.82) is 0 Å². The van der Waals surface area contributed by atoms with Crippen LogP contribution in [0.1, 0.15) is 39.0 Å². The molecule has 1 atom stereocenters. The number of amides is 1. The number of aliphatic carboxylic acids is 1. The van der Waals surface area contributed by atoms with Gasteiger partial charge in [-0.1, -0.05) is 19.8 Å². The standard InChI is InChI=1S/C10H16F3NO3/c1-2-3-4-7(9(16)17)14-8(15)5-6-10(11,12)13/h7H,2-6H2,1H3,(H,14,15)(H,16,17)/t7-/m0/s1. The first-order valence-electron chi connectivity index (χ1n) is 5.35. The molecular weight excluding hydrogens is 239 g/mol. The van der Waals surface area contributed by atoms with Gasteiger partial charge in [-0.15, -0.1) is 0 Å². The zero-order chi connectivity index (χ0) is 13.5. The highest BCUT2D eigenvalue weighted by Crippen LogP contribution is 2.21. The molecule has 0 rings (SSSR count). The number of hydrogen-bond donors (Lipinski definition) is 2. The molecular formula is C10H16F3NO3. The van der Waals surface area contributed by atoms with Gasteiger partial charge in [0.25, 0.3) is 0 Å². The Morgan fingerprint density at radius 3 is 2.35 bits per heavy atom. The fourth-order valence-electron chi connectivity index (χ4n) is 1.19. The van der Waals surface area contributed by atoms with Crippen LogP contribution < -0.4 is 5.32 Å². The number of carboxylic acids is 1. The number of rotatable bonds is 7. The molecule has 0 spiro atoms. The molecule has 0 saturated carbocycles. The van der Waals surface area contributed by atoms with Crippen LogP contribution in [-0.2, 0) is 9.59 Å². The summed E-state index contributed by atoms with van der Waals surface area (Å²) in [5, 5.41) is 10.8. The minimum absolute atomic E-state index is 0.226. The van der Waals surface area contributed by atoms with E-state index in [0.717, 1.165) is 6.42 Å². The average molecular weight is 255 g/mol. The summed E-state index contributed by atoms with van der Waals surface area (Å²) in [5.74, 6) is -2.11. The van der Waals surface area contributed by atoms with Crippen molar-refractivity contribution < 1.29 is 27.9 Å². The molecule has 0 aromatic carbocycles. The van der Waals surface area contributed by atoms with Gasteiger partial charge < -0.3 is 10.4 Å². The maximum atomic E-state index is 11.8. The summed E-state index contributed by atoms with van der Waals surface area (Å²) in [4.78, 5) is 21.8. The molecule has 0 aromatic rings. The van der Waals surface area contributed by atoms with E-state index >= 15 is 0 Å². The molecule has 0 aliphatic carbocycles. The van der Waals surface area contributed by atoms with E-state index in [-0.39, 0.29) is 6.42 Å². The lowest BCUT2D eigenvalue weighted by Gasteiger charge is -2.14. The monoisotopic (exact) mass is 255 g/mol. The van der Waals surface area contributed by atoms with E-state index in [4.69, 9.17) is 5.11 Å². The minimum Gasteiger partial charge on any atom is -0.480 e. The Morgan fingerprint density at radius 1 is 1.35 bits per heavy atom. The lowest BCUT2D eigenvalue weighted by molar-refractivity contribution is -0.147. The molecule has 0 aliphatic rings. The zero-order valence-corrected chi connectivity index (χ0v) is 9.51. The van der Waals surface area contributed by atoms with E-state index < -0.39 is 36.9 Å². The first-order valence-corrected chi connectivity index (χ1v) is 5.35. The molecule has 2 N–H and O–H groups in total. The van der Waals surface area contributed by atoms with Gasteiger partial charge in [0.1, 0.15) is 6.04 Å². The van der Waals surface area contributed by atoms with E-state index in [1.807, 2.05) is 6.92 Å². The fourth-order valence-corrected chi connectivity index (χ4v) is 1.19. The third-order valence-corrected chi connectivity index (χ3v) is 2.12. The maximum Gasteiger partial charge on any atom is 0.389 e. The number of carboxylic acid groups (broad SMARTS) is 1. The van der Waals surface area contributed by atoms with Gasteiger partial charge >= 0.3 is 12.1 Å². The first-order chi connectivity index (χ1) is 7.76. The van der Waals surface area contributed by atoms with Crippen LogP contribution in [0.4, 0.5) is 13.2 Å². The quantitative estimate of drug-likeness (QED) is 0.732. The molecule has 1 amide bonds. The second-order valence-corrected chi connectivity index (χ2v) is 3.72. The Labute approximate surface area is 97.2 Å². The van der Waals surface area contributed by atoms with Gasteiger partial charge in [0.15, 0.2) is 0 Å². The van der Waals surface area contributed by atoms with Crippen molar-refractivity contribution in [3.8, 4) is 0 Å². The largest absolute Gasteiger partial charge is 0.480 e. The Balaban J connectivity index is 4.08. The van der Waals surface area contributed by atoms with E-state index in [9.17, 15) is 22.8 Å². The number of carbonyl (C=O) groups is 2. The highest BCUT2D eigenvalue weighted by Gasteiger charge is 2.29. The normalized spacial score (nSPS) is 13.2. The van der Waals surface area contributed by atoms with Crippen molar-refractivity contribution in [1.82, 2.24) is 5.32 Å². The molecule has 0 aromatic heterocycles. The third-order valence-electron chi connectivity index (χ3n) is 2.12. The van der Waals surface area contributed by atoms with Crippen LogP contribution >= 0.6 is 0 Å². The Morgan fingerprint density at radius 2 is 1.94 bits per heavy atom. The first kappa shape index (κ1) is 15.7. The van der Waals surface area contributed by atoms with Crippen LogP contribution in [0.5, 0.6) is 0 Å². The minimum atomic E-state index is -4.40. The van der Waals surface area contributed by atoms with Gasteiger partial charge in [-0.2, -0.15) is 13.2 Å². The Hall–Kier alpha value is -1.27. The summed E-state index contributed by atoms with van der Waals surface area (Å²) in [7, 11) is 0. The zero-order valence-electron chi connectivity index (χ0n) is 9.51. The summed E-state index contributed by atoms with van der Waals surface area (Å²) >= 11 is 0. The SMILES string of the molecule is CCCC[C@H](NC(=O)CCC(F)(F)F)C(=O)O. The van der Waals surface area contributed by atoms with E-state index in [0.29, 0.717) is 6.42 Å². The summed E-state index contributed by atoms with van der Waals surface area (Å²) in [5.41, 5.74) is 0. The van der Waals surface area contributed by atoms with E-state index in [1.165, 1.54) is 0 Å². The van der Waals surface area contributed by atoms with Crippen LogP contribution in [0, 0.1) is 0 Å². The van der Waals surface area contributed by atoms with Gasteiger partial charge in [0.2, 0.25) is 5.91 Å². The topological polar surface area (TPSA) is 66.4 Å². The van der Waals surface area contributed by atoms with Crippen molar-refractivity contribution in [3.05, 3.63) is 0 Å². The molecule has 0 bridgehead atoms. The number of hydrogen-bond acceptors (Lipinski definition) is 2. The van der Waals surface area contributed by atoms with Crippen LogP contribution in [0.15, 0.2) is 0 Å². The molecule has 17 heavy (non-hydrogen) atoms. The third kappa shape index (κ3) is 8.53. The predicted molar refractivity (Wildman–Crippen MR) is 54.4 cm³/mol. The molecule has 7 heteroatoms. The van der Waals surface area contributed by atoms with Crippen molar-refractivity contribution in [2.75, 3.05) is 0 Å². The predicted octanol–water partition coefficient (Wildman–Crippen LogP) is 2.09. The average Bonchev–Trinajstić information content (AvgIpc) is 2.19. The summed E-state index contributed by atoms with van der Waals surface area (Å²) < 4.78 is 35.5. The number of unbranched alkanes of at least 4 members (excludes halogenated alkanes) is 1. The fraction of sp³-hybridized carbons (Fsp3) is 0.800. The summed E-state index contributed by atoms with van der Waals surface area (Å²) in [6, 6.07) is -1.10. The second kappa shape index (κ2) is 7.13. The lowest BCUT2D eigenvalue weighted by atomic mass is 10.1. The number of nitrogens with one attached hydrogen (secondary N) is 1. The van der Waals surface area contributed by atoms with Crippen molar-refractivity contribution >= 4 is 11.9 Å². The molecule has 4 nitrogen and oxygen atoms in total. The highest BCUT2D eigenvalue weighted by atomic mass is 19.4. The van der Waals surface area contributed by atoms with Gasteiger partial charge in [-0.3, -0.25) is 4.79 Å². The van der Waals surface area contributed by atoms with Crippen LogP contribution in [-0.4, -0.2) is 29.2 Å². The van der Waals surface area contributed by atoms with Crippen LogP contribution in [0.2, 0.25) is 0 Å². The van der Waals surface area contributed by atoms with E-state index in [2.05, 4.69) is 5.32 Å². The van der Waals surface area contributed by atoms with Gasteiger partial charge in [0, 0.05) is 6.42 Å². The summed E-state index contributed by atoms with van der Waals surface area (Å²) in [6.45, 7) is 1.85. The molecule has 0 saturated heterocycles. The molecule has 0 aliphatic heterocycles. The van der Waals surface area contributed by atoms with Gasteiger partial charge in [0.05, 0.1) is 6.42 Å². The number of alkyl halides is 3. The number of halogens is 3. The molecule has 0 fully saturated rings. The van der Waals surface area contributed by atoms with Gasteiger partial charge in [-0.05, 0) is 6.42 Å². The Bertz CT molecular complexity index is 266. The van der Waals surface area contributed by atoms with Crippen LogP contribution in [0.3, 0.4) is 0 Å². The molecule has 0 radical (unpaired) electrons. The highest BCUT2D eigenvalue weighted by molar-refractivity contribution is 5.83. The smallest absolute Gasteiger partial charge is 0.389 e. The molecule has 0 heterocycles. The van der Waals surface area contributed by atoms with Crippen LogP contribution in [0.25, 0.3) is 0 Å². The molecule has 0 unspecified atom stereocenters. The Kier molecular flexibility index (Phi) is 6.60.